The summed E-state index contributed by atoms with van der Waals surface area (Å²) in [6.45, 7) is 2.52. The number of hydrogen-bond acceptors (Lipinski definition) is 1. The molecule has 0 fully saturated rings. The van der Waals surface area contributed by atoms with E-state index in [-0.39, 0.29) is 5.78 Å². The maximum atomic E-state index is 13.0. The van der Waals surface area contributed by atoms with Gasteiger partial charge in [-0.3, -0.25) is 4.79 Å². The maximum absolute atomic E-state index is 13.0. The Labute approximate surface area is 170 Å². The molecule has 29 heavy (non-hydrogen) atoms. The minimum Gasteiger partial charge on any atom is -0.287 e. The Balaban J connectivity index is 1.55. The molecule has 0 saturated heterocycles. The number of fused-ring (bicyclic) bond motifs is 4. The average Bonchev–Trinajstić information content (AvgIpc) is 2.78. The van der Waals surface area contributed by atoms with E-state index in [9.17, 15) is 4.79 Å². The van der Waals surface area contributed by atoms with Gasteiger partial charge in [0.25, 0.3) is 0 Å². The van der Waals surface area contributed by atoms with Gasteiger partial charge < -0.3 is 0 Å². The second-order valence-electron chi connectivity index (χ2n) is 7.54. The van der Waals surface area contributed by atoms with Crippen molar-refractivity contribution < 1.29 is 9.36 Å². The van der Waals surface area contributed by atoms with E-state index in [1.54, 1.807) is 0 Å². The van der Waals surface area contributed by atoms with Crippen molar-refractivity contribution in [3.63, 3.8) is 0 Å². The van der Waals surface area contributed by atoms with E-state index in [0.717, 1.165) is 22.8 Å². The van der Waals surface area contributed by atoms with Crippen molar-refractivity contribution in [2.75, 3.05) is 0 Å². The van der Waals surface area contributed by atoms with E-state index >= 15 is 0 Å². The third-order valence-electron chi connectivity index (χ3n) is 5.72. The summed E-state index contributed by atoms with van der Waals surface area (Å²) in [5.41, 5.74) is 2.10. The fourth-order valence-corrected chi connectivity index (χ4v) is 4.18. The first kappa shape index (κ1) is 17.6. The average molecular weight is 376 g/mol. The highest BCUT2D eigenvalue weighted by molar-refractivity contribution is 6.11. The Morgan fingerprint density at radius 2 is 1.52 bits per heavy atom. The van der Waals surface area contributed by atoms with Crippen molar-refractivity contribution >= 4 is 38.1 Å². The quantitative estimate of drug-likeness (QED) is 0.218. The van der Waals surface area contributed by atoms with Crippen molar-refractivity contribution in [1.29, 1.82) is 0 Å². The van der Waals surface area contributed by atoms with Gasteiger partial charge in [0, 0.05) is 17.0 Å². The van der Waals surface area contributed by atoms with E-state index < -0.39 is 0 Å². The van der Waals surface area contributed by atoms with E-state index in [2.05, 4.69) is 67.6 Å². The van der Waals surface area contributed by atoms with Crippen molar-refractivity contribution in [1.82, 2.24) is 0 Å². The number of carbonyl (C=O) groups is 1. The molecule has 0 atom stereocenters. The largest absolute Gasteiger partial charge is 0.287 e. The van der Waals surface area contributed by atoms with Crippen molar-refractivity contribution in [2.45, 2.75) is 19.9 Å². The maximum Gasteiger partial charge on any atom is 0.227 e. The zero-order valence-electron chi connectivity index (χ0n) is 16.4. The summed E-state index contributed by atoms with van der Waals surface area (Å²) < 4.78 is 1.97. The minimum absolute atomic E-state index is 0.121. The SMILES string of the molecule is CCc1cc2ccc(C(=O)C[n+]3ccc4ccccc4c3)cc2c2ccccc12. The molecule has 0 aliphatic heterocycles. The molecule has 1 aromatic heterocycles. The lowest BCUT2D eigenvalue weighted by Crippen LogP contribution is -2.37. The zero-order valence-corrected chi connectivity index (χ0v) is 16.4. The fourth-order valence-electron chi connectivity index (χ4n) is 4.18. The Kier molecular flexibility index (Phi) is 4.33. The molecular weight excluding hydrogens is 354 g/mol. The van der Waals surface area contributed by atoms with Gasteiger partial charge in [0.2, 0.25) is 12.3 Å². The van der Waals surface area contributed by atoms with Crippen LogP contribution in [0, 0.1) is 0 Å². The van der Waals surface area contributed by atoms with Crippen LogP contribution in [0.4, 0.5) is 0 Å². The molecule has 5 aromatic rings. The molecule has 0 unspecified atom stereocenters. The lowest BCUT2D eigenvalue weighted by molar-refractivity contribution is -0.681. The van der Waals surface area contributed by atoms with Crippen LogP contribution in [-0.4, -0.2) is 5.78 Å². The number of benzene rings is 4. The molecule has 0 saturated carbocycles. The van der Waals surface area contributed by atoms with Crippen LogP contribution in [0.3, 0.4) is 0 Å². The molecule has 4 aromatic carbocycles. The van der Waals surface area contributed by atoms with Gasteiger partial charge in [-0.25, -0.2) is 0 Å². The number of ketones is 1. The molecule has 0 N–H and O–H groups in total. The van der Waals surface area contributed by atoms with Gasteiger partial charge >= 0.3 is 0 Å². The van der Waals surface area contributed by atoms with Crippen LogP contribution < -0.4 is 4.57 Å². The molecule has 2 nitrogen and oxygen atoms in total. The van der Waals surface area contributed by atoms with Crippen molar-refractivity contribution in [2.24, 2.45) is 0 Å². The summed E-state index contributed by atoms with van der Waals surface area (Å²) in [4.78, 5) is 13.0. The second-order valence-corrected chi connectivity index (χ2v) is 7.54. The van der Waals surface area contributed by atoms with Gasteiger partial charge in [0.05, 0.1) is 0 Å². The predicted octanol–water partition coefficient (Wildman–Crippen LogP) is 5.88. The molecule has 1 heterocycles. The van der Waals surface area contributed by atoms with Crippen LogP contribution in [0.5, 0.6) is 0 Å². The van der Waals surface area contributed by atoms with Crippen LogP contribution in [0.15, 0.2) is 91.3 Å². The number of pyridine rings is 1. The third kappa shape index (κ3) is 3.17. The van der Waals surface area contributed by atoms with Crippen molar-refractivity contribution in [3.05, 3.63) is 102 Å². The van der Waals surface area contributed by atoms with E-state index in [1.807, 2.05) is 35.2 Å². The van der Waals surface area contributed by atoms with Gasteiger partial charge in [0.1, 0.15) is 0 Å². The highest BCUT2D eigenvalue weighted by atomic mass is 16.1. The molecule has 0 spiro atoms. The Morgan fingerprint density at radius 3 is 2.34 bits per heavy atom. The summed E-state index contributed by atoms with van der Waals surface area (Å²) in [5, 5.41) is 7.15. The fraction of sp³-hybridized carbons (Fsp3) is 0.111. The van der Waals surface area contributed by atoms with Crippen LogP contribution in [-0.2, 0) is 13.0 Å². The van der Waals surface area contributed by atoms with Crippen LogP contribution in [0.1, 0.15) is 22.8 Å². The van der Waals surface area contributed by atoms with Crippen LogP contribution >= 0.6 is 0 Å². The van der Waals surface area contributed by atoms with Gasteiger partial charge in [-0.1, -0.05) is 67.6 Å². The number of aromatic nitrogens is 1. The second kappa shape index (κ2) is 7.14. The first-order chi connectivity index (χ1) is 14.2. The molecule has 0 aliphatic rings. The standard InChI is InChI=1S/C27H22NO/c1-2-19-15-21-11-12-22(16-26(21)25-10-6-5-9-24(19)25)27(29)18-28-14-13-20-7-3-4-8-23(20)17-28/h3-17H,2,18H2,1H3/q+1. The lowest BCUT2D eigenvalue weighted by Gasteiger charge is -2.10. The number of aryl methyl sites for hydroxylation is 1. The monoisotopic (exact) mass is 376 g/mol. The normalized spacial score (nSPS) is 11.3. The summed E-state index contributed by atoms with van der Waals surface area (Å²) in [6.07, 6.45) is 5.01. The molecule has 5 rings (SSSR count). The number of Topliss-reactive ketones (excluding diaryl/α,β-unsaturated/α-hetero) is 1. The van der Waals surface area contributed by atoms with E-state index in [4.69, 9.17) is 0 Å². The molecular formula is C27H22NO+. The topological polar surface area (TPSA) is 20.9 Å². The Morgan fingerprint density at radius 1 is 0.759 bits per heavy atom. The number of nitrogens with zero attached hydrogens (tertiary/aromatic N) is 1. The summed E-state index contributed by atoms with van der Waals surface area (Å²) in [6, 6.07) is 27.1. The van der Waals surface area contributed by atoms with Gasteiger partial charge in [0.15, 0.2) is 12.4 Å². The smallest absolute Gasteiger partial charge is 0.227 e. The Hall–Kier alpha value is -3.52. The molecule has 0 radical (unpaired) electrons. The van der Waals surface area contributed by atoms with Crippen molar-refractivity contribution in [3.8, 4) is 0 Å². The van der Waals surface area contributed by atoms with E-state index in [1.165, 1.54) is 27.1 Å². The van der Waals surface area contributed by atoms with E-state index in [0.29, 0.717) is 6.54 Å². The highest BCUT2D eigenvalue weighted by Gasteiger charge is 2.14. The first-order valence-electron chi connectivity index (χ1n) is 10.1. The zero-order chi connectivity index (χ0) is 19.8. The van der Waals surface area contributed by atoms with Crippen LogP contribution in [0.25, 0.3) is 32.3 Å². The highest BCUT2D eigenvalue weighted by Crippen LogP contribution is 2.30. The van der Waals surface area contributed by atoms with Crippen LogP contribution in [0.2, 0.25) is 0 Å². The van der Waals surface area contributed by atoms with Gasteiger partial charge in [-0.2, -0.15) is 4.57 Å². The number of rotatable bonds is 4. The molecule has 2 heteroatoms. The lowest BCUT2D eigenvalue weighted by atomic mass is 9.94. The summed E-state index contributed by atoms with van der Waals surface area (Å²) in [7, 11) is 0. The molecule has 0 amide bonds. The molecule has 0 aliphatic carbocycles. The minimum atomic E-state index is 0.121. The molecule has 0 bridgehead atoms. The Bertz CT molecular complexity index is 1380. The summed E-state index contributed by atoms with van der Waals surface area (Å²) >= 11 is 0. The number of carbonyl (C=O) groups excluding carboxylic acids is 1. The first-order valence-corrected chi connectivity index (χ1v) is 10.1. The summed E-state index contributed by atoms with van der Waals surface area (Å²) in [5.74, 6) is 0.121. The molecule has 140 valence electrons. The van der Waals surface area contributed by atoms with Gasteiger partial charge in [-0.15, -0.1) is 0 Å². The van der Waals surface area contributed by atoms with Gasteiger partial charge in [-0.05, 0) is 51.0 Å². The third-order valence-corrected chi connectivity index (χ3v) is 5.72. The number of hydrogen-bond donors (Lipinski definition) is 0. The predicted molar refractivity (Wildman–Crippen MR) is 119 cm³/mol.